The molecule has 3 atom stereocenters. The van der Waals surface area contributed by atoms with Crippen LogP contribution >= 0.6 is 0 Å². The van der Waals surface area contributed by atoms with Gasteiger partial charge < -0.3 is 9.53 Å². The Kier molecular flexibility index (Phi) is 8.30. The normalized spacial score (nSPS) is 17.1. The number of Topliss-reactive ketones (excluding diaryl/α,β-unsaturated/α-hetero) is 1. The molecule has 0 radical (unpaired) electrons. The summed E-state index contributed by atoms with van der Waals surface area (Å²) >= 11 is 0. The number of hydrogen-bond acceptors (Lipinski definition) is 3. The summed E-state index contributed by atoms with van der Waals surface area (Å²) in [5.74, 6) is -1.10. The van der Waals surface area contributed by atoms with E-state index in [1.54, 1.807) is 0 Å². The highest BCUT2D eigenvalue weighted by Gasteiger charge is 2.51. The summed E-state index contributed by atoms with van der Waals surface area (Å²) in [6.45, 7) is 26.3. The molecule has 0 fully saturated rings. The Bertz CT molecular complexity index is 555. The first kappa shape index (κ1) is 26.1. The van der Waals surface area contributed by atoms with E-state index in [4.69, 9.17) is 9.53 Å². The van der Waals surface area contributed by atoms with Crippen LogP contribution in [0.3, 0.4) is 0 Å². The Morgan fingerprint density at radius 3 is 1.81 bits per heavy atom. The van der Waals surface area contributed by atoms with Gasteiger partial charge in [-0.1, -0.05) is 68.4 Å². The summed E-state index contributed by atoms with van der Waals surface area (Å²) < 4.78 is 6.73. The van der Waals surface area contributed by atoms with Gasteiger partial charge in [-0.2, -0.15) is 0 Å². The average Bonchev–Trinajstić information content (AvgIpc) is 2.48. The molecule has 0 aromatic rings. The van der Waals surface area contributed by atoms with Crippen LogP contribution < -0.4 is 0 Å². The molecule has 0 heterocycles. The number of carbonyl (C=O) groups is 2. The Labute approximate surface area is 167 Å². The van der Waals surface area contributed by atoms with Gasteiger partial charge in [-0.15, -0.1) is 6.58 Å². The summed E-state index contributed by atoms with van der Waals surface area (Å²) in [5.41, 5.74) is -1.53. The zero-order valence-corrected chi connectivity index (χ0v) is 20.4. The van der Waals surface area contributed by atoms with Gasteiger partial charge in [0.15, 0.2) is 8.32 Å². The topological polar surface area (TPSA) is 63.6 Å². The van der Waals surface area contributed by atoms with Crippen LogP contribution in [0.4, 0.5) is 0 Å². The first-order valence-electron chi connectivity index (χ1n) is 9.89. The van der Waals surface area contributed by atoms with Crippen LogP contribution in [-0.2, 0) is 14.0 Å². The summed E-state index contributed by atoms with van der Waals surface area (Å²) in [7, 11) is -2.11. The van der Waals surface area contributed by atoms with Gasteiger partial charge in [0.1, 0.15) is 5.78 Å². The molecule has 27 heavy (non-hydrogen) atoms. The van der Waals surface area contributed by atoms with Gasteiger partial charge >= 0.3 is 5.97 Å². The van der Waals surface area contributed by atoms with Gasteiger partial charge in [-0.3, -0.25) is 9.59 Å². The molecule has 0 spiro atoms. The molecular formula is C22H42O4Si. The molecule has 0 amide bonds. The maximum absolute atomic E-state index is 13.6. The summed E-state index contributed by atoms with van der Waals surface area (Å²) in [5, 5.41) is 9.19. The van der Waals surface area contributed by atoms with Crippen LogP contribution in [0.15, 0.2) is 12.7 Å². The number of aliphatic carboxylic acids is 1. The lowest BCUT2D eigenvalue weighted by Crippen LogP contribution is -2.55. The quantitative estimate of drug-likeness (QED) is 0.366. The van der Waals surface area contributed by atoms with Crippen molar-refractivity contribution in [2.75, 3.05) is 0 Å². The molecule has 0 saturated carbocycles. The number of ketones is 1. The highest BCUT2D eigenvalue weighted by molar-refractivity contribution is 6.74. The van der Waals surface area contributed by atoms with Crippen molar-refractivity contribution in [3.8, 4) is 0 Å². The third kappa shape index (κ3) is 6.02. The van der Waals surface area contributed by atoms with Crippen LogP contribution in [0.5, 0.6) is 0 Å². The van der Waals surface area contributed by atoms with E-state index in [9.17, 15) is 9.59 Å². The van der Waals surface area contributed by atoms with E-state index in [-0.39, 0.29) is 35.2 Å². The molecule has 0 rings (SSSR count). The second-order valence-corrected chi connectivity index (χ2v) is 15.4. The molecule has 5 heteroatoms. The summed E-state index contributed by atoms with van der Waals surface area (Å²) in [6, 6.07) is 0. The van der Waals surface area contributed by atoms with E-state index < -0.39 is 25.1 Å². The van der Waals surface area contributed by atoms with Crippen molar-refractivity contribution in [3.63, 3.8) is 0 Å². The lowest BCUT2D eigenvalue weighted by atomic mass is 9.63. The van der Waals surface area contributed by atoms with E-state index in [0.29, 0.717) is 0 Å². The number of carbonyl (C=O) groups excluding carboxylic acids is 1. The largest absolute Gasteiger partial charge is 0.481 e. The first-order valence-corrected chi connectivity index (χ1v) is 12.8. The zero-order valence-electron chi connectivity index (χ0n) is 19.4. The third-order valence-corrected chi connectivity index (χ3v) is 11.1. The predicted octanol–water partition coefficient (Wildman–Crippen LogP) is 5.93. The Balaban J connectivity index is 5.99. The van der Waals surface area contributed by atoms with Crippen molar-refractivity contribution in [2.45, 2.75) is 93.0 Å². The van der Waals surface area contributed by atoms with Crippen molar-refractivity contribution in [1.82, 2.24) is 0 Å². The highest BCUT2D eigenvalue weighted by Crippen LogP contribution is 2.45. The van der Waals surface area contributed by atoms with E-state index >= 15 is 0 Å². The fourth-order valence-electron chi connectivity index (χ4n) is 3.23. The standard InChI is InChI=1S/C22H42O4Si/c1-13-15(2)18(26-27(11,12)20(4,5)6)22(9,10)19(25)21(7,8)16(3)14-17(23)24/h13,15-16,18H,1,14H2,2-12H3,(H,23,24)/t15-,16-,18+/m0/s1. The molecule has 4 nitrogen and oxygen atoms in total. The Hall–Kier alpha value is -0.943. The van der Waals surface area contributed by atoms with E-state index in [2.05, 4.69) is 40.4 Å². The van der Waals surface area contributed by atoms with E-state index in [0.717, 1.165) is 0 Å². The van der Waals surface area contributed by atoms with Crippen LogP contribution in [0, 0.1) is 22.7 Å². The minimum atomic E-state index is -2.11. The fraction of sp³-hybridized carbons (Fsp3) is 0.818. The Morgan fingerprint density at radius 2 is 1.48 bits per heavy atom. The molecule has 0 unspecified atom stereocenters. The fourth-order valence-corrected chi connectivity index (χ4v) is 4.73. The van der Waals surface area contributed by atoms with Gasteiger partial charge in [0.05, 0.1) is 6.10 Å². The lowest BCUT2D eigenvalue weighted by Gasteiger charge is -2.48. The van der Waals surface area contributed by atoms with Crippen molar-refractivity contribution in [2.24, 2.45) is 22.7 Å². The maximum Gasteiger partial charge on any atom is 0.303 e. The van der Waals surface area contributed by atoms with Crippen molar-refractivity contribution in [3.05, 3.63) is 12.7 Å². The third-order valence-electron chi connectivity index (χ3n) is 6.67. The average molecular weight is 399 g/mol. The van der Waals surface area contributed by atoms with Gasteiger partial charge in [0.25, 0.3) is 0 Å². The minimum Gasteiger partial charge on any atom is -0.481 e. The molecule has 0 aliphatic rings. The number of carboxylic acids is 1. The SMILES string of the molecule is C=C[C@H](C)[C@@H](O[Si](C)(C)C(C)(C)C)C(C)(C)C(=O)C(C)(C)[C@@H](C)CC(=O)O. The molecule has 0 aliphatic heterocycles. The lowest BCUT2D eigenvalue weighted by molar-refractivity contribution is -0.147. The molecule has 158 valence electrons. The van der Waals surface area contributed by atoms with Gasteiger partial charge in [-0.25, -0.2) is 0 Å². The maximum atomic E-state index is 13.6. The van der Waals surface area contributed by atoms with Crippen LogP contribution in [-0.4, -0.2) is 31.3 Å². The van der Waals surface area contributed by atoms with Crippen molar-refractivity contribution < 1.29 is 19.1 Å². The van der Waals surface area contributed by atoms with Gasteiger partial charge in [-0.05, 0) is 30.0 Å². The number of hydrogen-bond donors (Lipinski definition) is 1. The highest BCUT2D eigenvalue weighted by atomic mass is 28.4. The van der Waals surface area contributed by atoms with E-state index in [1.807, 2.05) is 47.6 Å². The molecule has 0 aliphatic carbocycles. The van der Waals surface area contributed by atoms with Crippen molar-refractivity contribution >= 4 is 20.1 Å². The molecule has 0 aromatic heterocycles. The summed E-state index contributed by atoms with van der Waals surface area (Å²) in [4.78, 5) is 24.8. The molecule has 0 saturated heterocycles. The smallest absolute Gasteiger partial charge is 0.303 e. The van der Waals surface area contributed by atoms with Crippen LogP contribution in [0.25, 0.3) is 0 Å². The van der Waals surface area contributed by atoms with Crippen LogP contribution in [0.2, 0.25) is 18.1 Å². The first-order chi connectivity index (χ1) is 11.8. The molecule has 0 bridgehead atoms. The van der Waals surface area contributed by atoms with Crippen LogP contribution in [0.1, 0.15) is 68.7 Å². The second kappa shape index (κ2) is 8.60. The zero-order chi connectivity index (χ0) is 22.0. The minimum absolute atomic E-state index is 0.00338. The van der Waals surface area contributed by atoms with Gasteiger partial charge in [0.2, 0.25) is 0 Å². The van der Waals surface area contributed by atoms with Gasteiger partial charge in [0, 0.05) is 17.3 Å². The van der Waals surface area contributed by atoms with E-state index in [1.165, 1.54) is 0 Å². The predicted molar refractivity (Wildman–Crippen MR) is 115 cm³/mol. The monoisotopic (exact) mass is 398 g/mol. The molecule has 0 aromatic carbocycles. The second-order valence-electron chi connectivity index (χ2n) is 10.7. The van der Waals surface area contributed by atoms with Crippen molar-refractivity contribution in [1.29, 1.82) is 0 Å². The number of carboxylic acid groups (broad SMARTS) is 1. The number of rotatable bonds is 10. The molecule has 1 N–H and O–H groups in total. The Morgan fingerprint density at radius 1 is 1.04 bits per heavy atom. The summed E-state index contributed by atoms with van der Waals surface area (Å²) in [6.07, 6.45) is 1.51. The molecular weight excluding hydrogens is 356 g/mol.